The van der Waals surface area contributed by atoms with Gasteiger partial charge in [0.05, 0.1) is 11.1 Å². The smallest absolute Gasteiger partial charge is 0.418 e. The SMILES string of the molecule is CC.CNC(=O)c1ccc2c(C(=O)O)cn(C(=O)OCc3ccccc3)c2c1. The molecule has 0 bridgehead atoms. The fraction of sp³-hybridized carbons (Fsp3) is 0.190. The number of carboxylic acids is 1. The van der Waals surface area contributed by atoms with Crippen LogP contribution in [0.25, 0.3) is 10.9 Å². The van der Waals surface area contributed by atoms with Crippen LogP contribution in [0.5, 0.6) is 0 Å². The lowest BCUT2D eigenvalue weighted by Crippen LogP contribution is -2.18. The van der Waals surface area contributed by atoms with Crippen LogP contribution in [0.2, 0.25) is 0 Å². The summed E-state index contributed by atoms with van der Waals surface area (Å²) < 4.78 is 6.38. The molecule has 0 aliphatic heterocycles. The van der Waals surface area contributed by atoms with Crippen molar-refractivity contribution < 1.29 is 24.2 Å². The van der Waals surface area contributed by atoms with E-state index in [1.54, 1.807) is 0 Å². The van der Waals surface area contributed by atoms with Crippen LogP contribution >= 0.6 is 0 Å². The van der Waals surface area contributed by atoms with Gasteiger partial charge in [0, 0.05) is 24.2 Å². The summed E-state index contributed by atoms with van der Waals surface area (Å²) in [7, 11) is 1.49. The quantitative estimate of drug-likeness (QED) is 0.713. The lowest BCUT2D eigenvalue weighted by molar-refractivity contribution is 0.0698. The molecule has 0 fully saturated rings. The Bertz CT molecular complexity index is 993. The number of ether oxygens (including phenoxy) is 1. The van der Waals surface area contributed by atoms with Gasteiger partial charge in [-0.25, -0.2) is 9.59 Å². The van der Waals surface area contributed by atoms with Crippen LogP contribution in [-0.4, -0.2) is 34.7 Å². The van der Waals surface area contributed by atoms with Crippen LogP contribution in [0.15, 0.2) is 54.7 Å². The number of benzene rings is 2. The van der Waals surface area contributed by atoms with Gasteiger partial charge in [-0.15, -0.1) is 0 Å². The maximum absolute atomic E-state index is 12.5. The molecule has 0 saturated heterocycles. The Kier molecular flexibility index (Phi) is 6.92. The lowest BCUT2D eigenvalue weighted by atomic mass is 10.1. The maximum atomic E-state index is 12.5. The van der Waals surface area contributed by atoms with E-state index in [1.807, 2.05) is 44.2 Å². The van der Waals surface area contributed by atoms with Crippen molar-refractivity contribution in [1.29, 1.82) is 0 Å². The van der Waals surface area contributed by atoms with Gasteiger partial charge in [0.25, 0.3) is 5.91 Å². The van der Waals surface area contributed by atoms with Crippen LogP contribution in [-0.2, 0) is 11.3 Å². The predicted octanol–water partition coefficient (Wildman–Crippen LogP) is 3.91. The molecule has 0 radical (unpaired) electrons. The zero-order valence-corrected chi connectivity index (χ0v) is 15.9. The Morgan fingerprint density at radius 1 is 1.07 bits per heavy atom. The van der Waals surface area contributed by atoms with Crippen LogP contribution in [0.1, 0.15) is 40.1 Å². The molecule has 0 aliphatic carbocycles. The van der Waals surface area contributed by atoms with E-state index in [-0.39, 0.29) is 18.1 Å². The van der Waals surface area contributed by atoms with E-state index in [0.29, 0.717) is 16.5 Å². The number of carbonyl (C=O) groups is 3. The largest absolute Gasteiger partial charge is 0.478 e. The van der Waals surface area contributed by atoms with Gasteiger partial charge in [-0.2, -0.15) is 0 Å². The Morgan fingerprint density at radius 2 is 1.75 bits per heavy atom. The number of amides is 1. The van der Waals surface area contributed by atoms with Gasteiger partial charge in [0.2, 0.25) is 0 Å². The number of aromatic nitrogens is 1. The number of fused-ring (bicyclic) bond motifs is 1. The number of carbonyl (C=O) groups excluding carboxylic acids is 2. The van der Waals surface area contributed by atoms with E-state index in [9.17, 15) is 19.5 Å². The van der Waals surface area contributed by atoms with Crippen molar-refractivity contribution in [3.63, 3.8) is 0 Å². The van der Waals surface area contributed by atoms with Crippen molar-refractivity contribution in [3.8, 4) is 0 Å². The molecule has 28 heavy (non-hydrogen) atoms. The van der Waals surface area contributed by atoms with Crippen molar-refractivity contribution in [1.82, 2.24) is 9.88 Å². The molecule has 0 unspecified atom stereocenters. The summed E-state index contributed by atoms with van der Waals surface area (Å²) in [5.74, 6) is -1.51. The molecule has 2 N–H and O–H groups in total. The fourth-order valence-electron chi connectivity index (χ4n) is 2.62. The second kappa shape index (κ2) is 9.36. The van der Waals surface area contributed by atoms with E-state index in [4.69, 9.17) is 4.74 Å². The van der Waals surface area contributed by atoms with Crippen molar-refractivity contribution in [3.05, 3.63) is 71.4 Å². The number of aromatic carboxylic acids is 1. The van der Waals surface area contributed by atoms with Crippen LogP contribution in [0, 0.1) is 0 Å². The summed E-state index contributed by atoms with van der Waals surface area (Å²) in [6.07, 6.45) is 0.480. The highest BCUT2D eigenvalue weighted by atomic mass is 16.5. The maximum Gasteiger partial charge on any atom is 0.418 e. The topological polar surface area (TPSA) is 97.6 Å². The number of nitrogens with one attached hydrogen (secondary N) is 1. The van der Waals surface area contributed by atoms with E-state index >= 15 is 0 Å². The second-order valence-electron chi connectivity index (χ2n) is 5.57. The summed E-state index contributed by atoms with van der Waals surface area (Å²) >= 11 is 0. The van der Waals surface area contributed by atoms with Crippen molar-refractivity contribution in [2.75, 3.05) is 7.05 Å². The number of nitrogens with zero attached hydrogens (tertiary/aromatic N) is 1. The van der Waals surface area contributed by atoms with Gasteiger partial charge in [-0.1, -0.05) is 50.2 Å². The molecule has 2 aromatic carbocycles. The molecule has 1 amide bonds. The number of rotatable bonds is 4. The molecule has 0 aliphatic rings. The molecule has 1 heterocycles. The Morgan fingerprint density at radius 3 is 2.36 bits per heavy atom. The van der Waals surface area contributed by atoms with E-state index in [2.05, 4.69) is 5.32 Å². The van der Waals surface area contributed by atoms with E-state index in [0.717, 1.165) is 10.1 Å². The van der Waals surface area contributed by atoms with Crippen molar-refractivity contribution >= 4 is 28.9 Å². The van der Waals surface area contributed by atoms with Crippen LogP contribution < -0.4 is 5.32 Å². The first-order valence-electron chi connectivity index (χ1n) is 8.83. The first kappa shape index (κ1) is 20.7. The average Bonchev–Trinajstić information content (AvgIpc) is 3.13. The van der Waals surface area contributed by atoms with Gasteiger partial charge < -0.3 is 15.2 Å². The molecule has 3 aromatic rings. The number of hydrogen-bond acceptors (Lipinski definition) is 4. The highest BCUT2D eigenvalue weighted by Crippen LogP contribution is 2.23. The first-order valence-corrected chi connectivity index (χ1v) is 8.83. The summed E-state index contributed by atoms with van der Waals surface area (Å²) in [6.45, 7) is 4.05. The summed E-state index contributed by atoms with van der Waals surface area (Å²) in [5.41, 5.74) is 1.37. The molecule has 0 spiro atoms. The third-order valence-electron chi connectivity index (χ3n) is 3.93. The van der Waals surface area contributed by atoms with E-state index < -0.39 is 12.1 Å². The monoisotopic (exact) mass is 382 g/mol. The molecule has 7 nitrogen and oxygen atoms in total. The zero-order chi connectivity index (χ0) is 20.7. The summed E-state index contributed by atoms with van der Waals surface area (Å²) in [4.78, 5) is 35.8. The third-order valence-corrected chi connectivity index (χ3v) is 3.93. The standard InChI is InChI=1S/C19H16N2O5.C2H6/c1-20-17(22)13-7-8-14-15(18(23)24)10-21(16(14)9-13)19(25)26-11-12-5-3-2-4-6-12;1-2/h2-10H,11H2,1H3,(H,20,22)(H,23,24);1-2H3. The molecule has 0 atom stereocenters. The van der Waals surface area contributed by atoms with E-state index in [1.165, 1.54) is 31.4 Å². The lowest BCUT2D eigenvalue weighted by Gasteiger charge is -2.07. The van der Waals surface area contributed by atoms with Gasteiger partial charge in [0.1, 0.15) is 6.61 Å². The second-order valence-corrected chi connectivity index (χ2v) is 5.57. The third kappa shape index (κ3) is 4.37. The minimum absolute atomic E-state index is 0.0416. The molecule has 0 saturated carbocycles. The van der Waals surface area contributed by atoms with Gasteiger partial charge in [-0.3, -0.25) is 9.36 Å². The average molecular weight is 382 g/mol. The molecular formula is C21H22N2O5. The fourth-order valence-corrected chi connectivity index (χ4v) is 2.62. The molecule has 1 aromatic heterocycles. The molecule has 3 rings (SSSR count). The minimum atomic E-state index is -1.17. The first-order chi connectivity index (χ1) is 13.5. The zero-order valence-electron chi connectivity index (χ0n) is 15.9. The molecule has 146 valence electrons. The molecule has 7 heteroatoms. The number of hydrogen-bond donors (Lipinski definition) is 2. The van der Waals surface area contributed by atoms with Gasteiger partial charge in [0.15, 0.2) is 0 Å². The number of carboxylic acid groups (broad SMARTS) is 1. The van der Waals surface area contributed by atoms with Crippen LogP contribution in [0.4, 0.5) is 4.79 Å². The Balaban J connectivity index is 0.00000136. The Labute approximate surface area is 162 Å². The predicted molar refractivity (Wildman–Crippen MR) is 106 cm³/mol. The van der Waals surface area contributed by atoms with Crippen LogP contribution in [0.3, 0.4) is 0 Å². The normalized spacial score (nSPS) is 9.96. The van der Waals surface area contributed by atoms with Gasteiger partial charge >= 0.3 is 12.1 Å². The highest BCUT2D eigenvalue weighted by Gasteiger charge is 2.20. The summed E-state index contributed by atoms with van der Waals surface area (Å²) in [5, 5.41) is 12.2. The summed E-state index contributed by atoms with van der Waals surface area (Å²) in [6, 6.07) is 13.6. The van der Waals surface area contributed by atoms with Crippen molar-refractivity contribution in [2.45, 2.75) is 20.5 Å². The highest BCUT2D eigenvalue weighted by molar-refractivity contribution is 6.08. The van der Waals surface area contributed by atoms with Crippen molar-refractivity contribution in [2.24, 2.45) is 0 Å². The Hall–Kier alpha value is -3.61. The minimum Gasteiger partial charge on any atom is -0.478 e. The molecular weight excluding hydrogens is 360 g/mol. The van der Waals surface area contributed by atoms with Gasteiger partial charge in [-0.05, 0) is 17.7 Å².